The Labute approximate surface area is 173 Å². The zero-order chi connectivity index (χ0) is 22.2. The van der Waals surface area contributed by atoms with Crippen LogP contribution in [0.4, 0.5) is 23.4 Å². The molecule has 1 aliphatic rings. The van der Waals surface area contributed by atoms with E-state index in [-0.39, 0.29) is 11.5 Å². The molecule has 1 fully saturated rings. The lowest BCUT2D eigenvalue weighted by Gasteiger charge is -2.32. The molecule has 1 aliphatic heterocycles. The third-order valence-electron chi connectivity index (χ3n) is 5.22. The number of carboxylic acid groups (broad SMARTS) is 1. The van der Waals surface area contributed by atoms with Crippen molar-refractivity contribution in [2.75, 3.05) is 18.0 Å². The molecule has 0 amide bonds. The molecule has 1 saturated heterocycles. The molecule has 11 heteroatoms. The lowest BCUT2D eigenvalue weighted by molar-refractivity contribution is -0.330. The molecule has 0 aliphatic carbocycles. The van der Waals surface area contributed by atoms with E-state index in [2.05, 4.69) is 19.7 Å². The van der Waals surface area contributed by atoms with Crippen LogP contribution in [-0.2, 0) is 16.1 Å². The van der Waals surface area contributed by atoms with Crippen molar-refractivity contribution in [3.05, 3.63) is 42.1 Å². The minimum atomic E-state index is -4.82. The number of fused-ring (bicyclic) bond motifs is 1. The number of piperidine rings is 1. The molecule has 1 aromatic carbocycles. The Morgan fingerprint density at radius 3 is 2.71 bits per heavy atom. The number of rotatable bonds is 5. The maximum Gasteiger partial charge on any atom is 0.522 e. The van der Waals surface area contributed by atoms with Gasteiger partial charge in [-0.15, -0.1) is 13.2 Å². The number of ether oxygens (including phenoxy) is 1. The summed E-state index contributed by atoms with van der Waals surface area (Å²) in [6.45, 7) is -0.162. The van der Waals surface area contributed by atoms with Crippen LogP contribution in [-0.4, -0.2) is 45.5 Å². The Kier molecular flexibility index (Phi) is 5.52. The molecular weight excluding hydrogens is 420 g/mol. The van der Waals surface area contributed by atoms with Crippen molar-refractivity contribution in [1.29, 1.82) is 0 Å². The maximum absolute atomic E-state index is 14.5. The van der Waals surface area contributed by atoms with Crippen LogP contribution in [0.5, 0.6) is 0 Å². The summed E-state index contributed by atoms with van der Waals surface area (Å²) in [6, 6.07) is 4.57. The molecule has 2 N–H and O–H groups in total. The molecule has 0 spiro atoms. The highest BCUT2D eigenvalue weighted by molar-refractivity contribution is 5.87. The lowest BCUT2D eigenvalue weighted by atomic mass is 9.97. The SMILES string of the molecule is O=C(O)C1CCN(c2nc(COC(F)(F)F)cnc2-c2cc(F)c3cc[nH]c3c2)CC1. The molecular formula is C20H18F4N4O3. The number of H-pyrrole nitrogens is 1. The summed E-state index contributed by atoms with van der Waals surface area (Å²) in [6.07, 6.45) is -1.36. The van der Waals surface area contributed by atoms with Gasteiger partial charge in [-0.3, -0.25) is 14.5 Å². The van der Waals surface area contributed by atoms with Crippen LogP contribution in [0, 0.1) is 11.7 Å². The van der Waals surface area contributed by atoms with Crippen LogP contribution >= 0.6 is 0 Å². The molecule has 4 rings (SSSR count). The second-order valence-corrected chi connectivity index (χ2v) is 7.26. The number of halogens is 4. The number of nitrogens with one attached hydrogen (secondary N) is 1. The standard InChI is InChI=1S/C20H18F4N4O3/c21-15-7-12(8-16-14(15)1-4-25-16)17-18(28-5-2-11(3-6-28)19(29)30)27-13(9-26-17)10-31-20(22,23)24/h1,4,7-9,11,25H,2-3,5-6,10H2,(H,29,30). The molecule has 164 valence electrons. The van der Waals surface area contributed by atoms with E-state index >= 15 is 0 Å². The van der Waals surface area contributed by atoms with E-state index in [1.807, 2.05) is 0 Å². The Balaban J connectivity index is 1.72. The largest absolute Gasteiger partial charge is 0.522 e. The Hall–Kier alpha value is -3.21. The van der Waals surface area contributed by atoms with E-state index in [9.17, 15) is 27.5 Å². The van der Waals surface area contributed by atoms with E-state index in [1.54, 1.807) is 23.2 Å². The van der Waals surface area contributed by atoms with Gasteiger partial charge in [-0.05, 0) is 31.0 Å². The van der Waals surface area contributed by atoms with Crippen molar-refractivity contribution in [3.63, 3.8) is 0 Å². The first-order chi connectivity index (χ1) is 14.7. The highest BCUT2D eigenvalue weighted by Crippen LogP contribution is 2.33. The lowest BCUT2D eigenvalue weighted by Crippen LogP contribution is -2.37. The summed E-state index contributed by atoms with van der Waals surface area (Å²) >= 11 is 0. The quantitative estimate of drug-likeness (QED) is 0.583. The fraction of sp³-hybridized carbons (Fsp3) is 0.350. The predicted octanol–water partition coefficient (Wildman–Crippen LogP) is 4.10. The average Bonchev–Trinajstić information content (AvgIpc) is 3.21. The van der Waals surface area contributed by atoms with Crippen molar-refractivity contribution in [2.45, 2.75) is 25.8 Å². The smallest absolute Gasteiger partial charge is 0.481 e. The molecule has 3 heterocycles. The van der Waals surface area contributed by atoms with Gasteiger partial charge in [-0.25, -0.2) is 9.37 Å². The molecule has 0 bridgehead atoms. The minimum Gasteiger partial charge on any atom is -0.481 e. The van der Waals surface area contributed by atoms with Gasteiger partial charge in [-0.1, -0.05) is 0 Å². The van der Waals surface area contributed by atoms with E-state index in [4.69, 9.17) is 0 Å². The number of hydrogen-bond donors (Lipinski definition) is 2. The first kappa shape index (κ1) is 21.0. The molecule has 0 unspecified atom stereocenters. The molecule has 31 heavy (non-hydrogen) atoms. The van der Waals surface area contributed by atoms with Crippen LogP contribution in [0.2, 0.25) is 0 Å². The van der Waals surface area contributed by atoms with Gasteiger partial charge in [0.2, 0.25) is 0 Å². The number of nitrogens with zero attached hydrogens (tertiary/aromatic N) is 3. The first-order valence-corrected chi connectivity index (χ1v) is 9.52. The summed E-state index contributed by atoms with van der Waals surface area (Å²) in [7, 11) is 0. The monoisotopic (exact) mass is 438 g/mol. The van der Waals surface area contributed by atoms with Crippen LogP contribution in [0.25, 0.3) is 22.2 Å². The Bertz CT molecular complexity index is 1110. The van der Waals surface area contributed by atoms with Gasteiger partial charge in [0.15, 0.2) is 5.82 Å². The zero-order valence-electron chi connectivity index (χ0n) is 16.1. The van der Waals surface area contributed by atoms with Crippen molar-refractivity contribution in [2.24, 2.45) is 5.92 Å². The van der Waals surface area contributed by atoms with E-state index in [1.165, 1.54) is 6.07 Å². The third kappa shape index (κ3) is 4.61. The fourth-order valence-corrected chi connectivity index (χ4v) is 3.66. The summed E-state index contributed by atoms with van der Waals surface area (Å²) < 4.78 is 55.7. The highest BCUT2D eigenvalue weighted by Gasteiger charge is 2.30. The van der Waals surface area contributed by atoms with Gasteiger partial charge in [0, 0.05) is 35.8 Å². The van der Waals surface area contributed by atoms with E-state index < -0.39 is 30.7 Å². The molecule has 0 radical (unpaired) electrons. The van der Waals surface area contributed by atoms with Gasteiger partial charge in [0.1, 0.15) is 11.5 Å². The number of carbonyl (C=O) groups is 1. The zero-order valence-corrected chi connectivity index (χ0v) is 16.1. The van der Waals surface area contributed by atoms with Crippen LogP contribution in [0.1, 0.15) is 18.5 Å². The first-order valence-electron chi connectivity index (χ1n) is 9.52. The Morgan fingerprint density at radius 1 is 1.29 bits per heavy atom. The number of aliphatic carboxylic acids is 1. The molecule has 3 aromatic rings. The highest BCUT2D eigenvalue weighted by atomic mass is 19.4. The Morgan fingerprint density at radius 2 is 2.03 bits per heavy atom. The van der Waals surface area contributed by atoms with E-state index in [0.29, 0.717) is 48.1 Å². The maximum atomic E-state index is 14.5. The normalized spacial score (nSPS) is 15.5. The summed E-state index contributed by atoms with van der Waals surface area (Å²) in [5, 5.41) is 9.61. The van der Waals surface area contributed by atoms with E-state index in [0.717, 1.165) is 6.20 Å². The number of carboxylic acids is 1. The number of alkyl halides is 3. The van der Waals surface area contributed by atoms with Crippen molar-refractivity contribution >= 4 is 22.7 Å². The predicted molar refractivity (Wildman–Crippen MR) is 103 cm³/mol. The number of hydrogen-bond acceptors (Lipinski definition) is 5. The summed E-state index contributed by atoms with van der Waals surface area (Å²) in [4.78, 5) is 24.5. The molecule has 2 aromatic heterocycles. The van der Waals surface area contributed by atoms with Crippen LogP contribution in [0.3, 0.4) is 0 Å². The molecule has 7 nitrogen and oxygen atoms in total. The third-order valence-corrected chi connectivity index (χ3v) is 5.22. The summed E-state index contributed by atoms with van der Waals surface area (Å²) in [5.41, 5.74) is 1.19. The van der Waals surface area contributed by atoms with Crippen molar-refractivity contribution in [3.8, 4) is 11.3 Å². The van der Waals surface area contributed by atoms with Gasteiger partial charge < -0.3 is 15.0 Å². The van der Waals surface area contributed by atoms with Crippen LogP contribution < -0.4 is 4.90 Å². The molecule has 0 saturated carbocycles. The number of aromatic amines is 1. The van der Waals surface area contributed by atoms with Gasteiger partial charge >= 0.3 is 12.3 Å². The second kappa shape index (κ2) is 8.14. The fourth-order valence-electron chi connectivity index (χ4n) is 3.66. The second-order valence-electron chi connectivity index (χ2n) is 7.26. The van der Waals surface area contributed by atoms with Gasteiger partial charge in [-0.2, -0.15) is 0 Å². The topological polar surface area (TPSA) is 91.3 Å². The number of benzene rings is 1. The van der Waals surface area contributed by atoms with Crippen molar-refractivity contribution in [1.82, 2.24) is 15.0 Å². The van der Waals surface area contributed by atoms with Gasteiger partial charge in [0.25, 0.3) is 0 Å². The van der Waals surface area contributed by atoms with Crippen LogP contribution in [0.15, 0.2) is 30.6 Å². The number of anilines is 1. The molecule has 0 atom stereocenters. The average molecular weight is 438 g/mol. The minimum absolute atomic E-state index is 0.0437. The summed E-state index contributed by atoms with van der Waals surface area (Å²) in [5.74, 6) is -1.61. The van der Waals surface area contributed by atoms with Crippen molar-refractivity contribution < 1.29 is 32.2 Å². The van der Waals surface area contributed by atoms with Gasteiger partial charge in [0.05, 0.1) is 24.4 Å². The number of aromatic nitrogens is 3.